The lowest BCUT2D eigenvalue weighted by atomic mass is 10.1. The third-order valence-electron chi connectivity index (χ3n) is 3.32. The van der Waals surface area contributed by atoms with E-state index in [2.05, 4.69) is 6.07 Å². The molecule has 0 atom stereocenters. The first-order valence-electron chi connectivity index (χ1n) is 7.22. The van der Waals surface area contributed by atoms with Gasteiger partial charge in [0.25, 0.3) is 5.91 Å². The predicted octanol–water partition coefficient (Wildman–Crippen LogP) is 2.20. The molecule has 0 heterocycles. The quantitative estimate of drug-likeness (QED) is 0.887. The van der Waals surface area contributed by atoms with Gasteiger partial charge in [0.2, 0.25) is 0 Å². The summed E-state index contributed by atoms with van der Waals surface area (Å²) in [5.74, 6) is 0.463. The molecule has 2 aromatic rings. The fourth-order valence-corrected chi connectivity index (χ4v) is 2.09. The Balaban J connectivity index is 2.05. The predicted molar refractivity (Wildman–Crippen MR) is 86.0 cm³/mol. The molecule has 0 fully saturated rings. The monoisotopic (exact) mass is 310 g/mol. The van der Waals surface area contributed by atoms with Gasteiger partial charge in [0, 0.05) is 19.2 Å². The number of ether oxygens (including phenoxy) is 1. The molecule has 0 aliphatic heterocycles. The second-order valence-electron chi connectivity index (χ2n) is 5.08. The molecule has 1 N–H and O–H groups in total. The van der Waals surface area contributed by atoms with E-state index in [1.54, 1.807) is 49.5 Å². The summed E-state index contributed by atoms with van der Waals surface area (Å²) in [5.41, 5.74) is 1.94. The highest BCUT2D eigenvalue weighted by atomic mass is 16.5. The van der Waals surface area contributed by atoms with Crippen LogP contribution in [-0.4, -0.2) is 36.1 Å². The molecule has 23 heavy (non-hydrogen) atoms. The van der Waals surface area contributed by atoms with Gasteiger partial charge in [-0.3, -0.25) is 4.79 Å². The first kappa shape index (κ1) is 16.5. The number of hydrogen-bond donors (Lipinski definition) is 1. The average molecular weight is 310 g/mol. The summed E-state index contributed by atoms with van der Waals surface area (Å²) < 4.78 is 5.66. The maximum Gasteiger partial charge on any atom is 0.253 e. The largest absolute Gasteiger partial charge is 0.489 e. The van der Waals surface area contributed by atoms with Crippen LogP contribution in [0.1, 0.15) is 21.5 Å². The minimum atomic E-state index is -0.146. The number of carbonyl (C=O) groups excluding carboxylic acids is 1. The molecular formula is C18H18N2O3. The third-order valence-corrected chi connectivity index (χ3v) is 3.32. The van der Waals surface area contributed by atoms with Crippen molar-refractivity contribution in [1.29, 1.82) is 5.26 Å². The van der Waals surface area contributed by atoms with Crippen LogP contribution in [-0.2, 0) is 6.61 Å². The first-order chi connectivity index (χ1) is 11.1. The Kier molecular flexibility index (Phi) is 5.73. The van der Waals surface area contributed by atoms with E-state index in [9.17, 15) is 4.79 Å². The molecule has 0 saturated carbocycles. The molecule has 5 nitrogen and oxygen atoms in total. The van der Waals surface area contributed by atoms with Crippen molar-refractivity contribution in [2.24, 2.45) is 0 Å². The Hall–Kier alpha value is -2.84. The summed E-state index contributed by atoms with van der Waals surface area (Å²) in [5, 5.41) is 17.8. The number of aliphatic hydroxyl groups excluding tert-OH is 1. The van der Waals surface area contributed by atoms with Gasteiger partial charge in [0.15, 0.2) is 0 Å². The second-order valence-corrected chi connectivity index (χ2v) is 5.08. The lowest BCUT2D eigenvalue weighted by Gasteiger charge is -2.16. The molecule has 0 radical (unpaired) electrons. The Bertz CT molecular complexity index is 722. The van der Waals surface area contributed by atoms with Crippen molar-refractivity contribution < 1.29 is 14.6 Å². The SMILES string of the molecule is CN(CCO)C(=O)c1cccc(COc2cccc(C#N)c2)c1. The fourth-order valence-electron chi connectivity index (χ4n) is 2.09. The summed E-state index contributed by atoms with van der Waals surface area (Å²) in [6.45, 7) is 0.528. The summed E-state index contributed by atoms with van der Waals surface area (Å²) in [6.07, 6.45) is 0. The maximum absolute atomic E-state index is 12.2. The van der Waals surface area contributed by atoms with Crippen molar-refractivity contribution >= 4 is 5.91 Å². The van der Waals surface area contributed by atoms with Crippen molar-refractivity contribution in [2.75, 3.05) is 20.2 Å². The van der Waals surface area contributed by atoms with Crippen molar-refractivity contribution in [3.63, 3.8) is 0 Å². The van der Waals surface area contributed by atoms with Crippen LogP contribution in [0.5, 0.6) is 5.75 Å². The summed E-state index contributed by atoms with van der Waals surface area (Å²) in [4.78, 5) is 13.7. The zero-order chi connectivity index (χ0) is 16.7. The number of benzene rings is 2. The molecule has 0 aliphatic carbocycles. The van der Waals surface area contributed by atoms with Crippen LogP contribution in [0.15, 0.2) is 48.5 Å². The van der Waals surface area contributed by atoms with E-state index in [0.29, 0.717) is 30.0 Å². The maximum atomic E-state index is 12.2. The van der Waals surface area contributed by atoms with Gasteiger partial charge in [-0.05, 0) is 35.9 Å². The molecule has 0 aliphatic rings. The Labute approximate surface area is 135 Å². The number of hydrogen-bond acceptors (Lipinski definition) is 4. The standard InChI is InChI=1S/C18H18N2O3/c1-20(8-9-21)18(22)16-6-2-5-15(10-16)13-23-17-7-3-4-14(11-17)12-19/h2-7,10-11,21H,8-9,13H2,1H3. The Morgan fingerprint density at radius 2 is 2.04 bits per heavy atom. The van der Waals surface area contributed by atoms with Crippen LogP contribution in [0, 0.1) is 11.3 Å². The Morgan fingerprint density at radius 3 is 2.78 bits per heavy atom. The van der Waals surface area contributed by atoms with Crippen molar-refractivity contribution in [3.05, 3.63) is 65.2 Å². The lowest BCUT2D eigenvalue weighted by molar-refractivity contribution is 0.0767. The number of amides is 1. The van der Waals surface area contributed by atoms with Gasteiger partial charge in [-0.25, -0.2) is 0 Å². The van der Waals surface area contributed by atoms with Crippen LogP contribution in [0.3, 0.4) is 0 Å². The summed E-state index contributed by atoms with van der Waals surface area (Å²) in [7, 11) is 1.65. The minimum absolute atomic E-state index is 0.0692. The number of nitriles is 1. The number of carbonyl (C=O) groups is 1. The molecule has 1 amide bonds. The van der Waals surface area contributed by atoms with Crippen LogP contribution in [0.2, 0.25) is 0 Å². The lowest BCUT2D eigenvalue weighted by Crippen LogP contribution is -2.29. The molecule has 118 valence electrons. The van der Waals surface area contributed by atoms with E-state index in [1.807, 2.05) is 6.07 Å². The molecule has 0 spiro atoms. The molecule has 0 bridgehead atoms. The molecule has 2 rings (SSSR count). The fraction of sp³-hybridized carbons (Fsp3) is 0.222. The van der Waals surface area contributed by atoms with Crippen LogP contribution in [0.25, 0.3) is 0 Å². The van der Waals surface area contributed by atoms with Gasteiger partial charge < -0.3 is 14.7 Å². The van der Waals surface area contributed by atoms with E-state index in [-0.39, 0.29) is 12.5 Å². The van der Waals surface area contributed by atoms with Crippen molar-refractivity contribution in [1.82, 2.24) is 4.90 Å². The summed E-state index contributed by atoms with van der Waals surface area (Å²) >= 11 is 0. The van der Waals surface area contributed by atoms with Gasteiger partial charge in [0.1, 0.15) is 12.4 Å². The second kappa shape index (κ2) is 7.97. The zero-order valence-electron chi connectivity index (χ0n) is 12.9. The molecular weight excluding hydrogens is 292 g/mol. The van der Waals surface area contributed by atoms with E-state index >= 15 is 0 Å². The molecule has 5 heteroatoms. The normalized spacial score (nSPS) is 9.96. The van der Waals surface area contributed by atoms with Gasteiger partial charge in [0.05, 0.1) is 18.2 Å². The van der Waals surface area contributed by atoms with Crippen LogP contribution in [0.4, 0.5) is 0 Å². The number of aliphatic hydroxyl groups is 1. The molecule has 0 aromatic heterocycles. The minimum Gasteiger partial charge on any atom is -0.489 e. The smallest absolute Gasteiger partial charge is 0.253 e. The van der Waals surface area contributed by atoms with Crippen LogP contribution >= 0.6 is 0 Å². The van der Waals surface area contributed by atoms with E-state index in [1.165, 1.54) is 4.90 Å². The highest BCUT2D eigenvalue weighted by molar-refractivity contribution is 5.94. The summed E-state index contributed by atoms with van der Waals surface area (Å²) in [6, 6.07) is 16.2. The van der Waals surface area contributed by atoms with Gasteiger partial charge in [-0.2, -0.15) is 5.26 Å². The molecule has 0 unspecified atom stereocenters. The number of nitrogens with zero attached hydrogens (tertiary/aromatic N) is 2. The Morgan fingerprint density at radius 1 is 1.26 bits per heavy atom. The van der Waals surface area contributed by atoms with Crippen molar-refractivity contribution in [3.8, 4) is 11.8 Å². The molecule has 0 saturated heterocycles. The zero-order valence-corrected chi connectivity index (χ0v) is 12.9. The highest BCUT2D eigenvalue weighted by Crippen LogP contribution is 2.15. The average Bonchev–Trinajstić information content (AvgIpc) is 2.60. The topological polar surface area (TPSA) is 73.6 Å². The third kappa shape index (κ3) is 4.56. The van der Waals surface area contributed by atoms with E-state index in [4.69, 9.17) is 15.1 Å². The van der Waals surface area contributed by atoms with Crippen molar-refractivity contribution in [2.45, 2.75) is 6.61 Å². The van der Waals surface area contributed by atoms with Gasteiger partial charge in [-0.15, -0.1) is 0 Å². The number of rotatable bonds is 6. The van der Waals surface area contributed by atoms with Gasteiger partial charge in [-0.1, -0.05) is 18.2 Å². The van der Waals surface area contributed by atoms with E-state index in [0.717, 1.165) is 5.56 Å². The highest BCUT2D eigenvalue weighted by Gasteiger charge is 2.11. The van der Waals surface area contributed by atoms with Crippen LogP contribution < -0.4 is 4.74 Å². The molecule has 2 aromatic carbocycles. The first-order valence-corrected chi connectivity index (χ1v) is 7.22. The van der Waals surface area contributed by atoms with E-state index < -0.39 is 0 Å². The van der Waals surface area contributed by atoms with Gasteiger partial charge >= 0.3 is 0 Å². The number of likely N-dealkylation sites (N-methyl/N-ethyl adjacent to an activating group) is 1.